The second-order valence-electron chi connectivity index (χ2n) is 6.44. The minimum Gasteiger partial charge on any atom is -0.410 e. The molecule has 2 heterocycles. The number of aromatic nitrogens is 2. The highest BCUT2D eigenvalue weighted by Crippen LogP contribution is 2.20. The number of nitrogens with zero attached hydrogens (tertiary/aromatic N) is 5. The van der Waals surface area contributed by atoms with Crippen LogP contribution in [0.15, 0.2) is 36.7 Å². The summed E-state index contributed by atoms with van der Waals surface area (Å²) in [6.07, 6.45) is 2.70. The molecule has 1 amide bonds. The molecule has 0 aliphatic carbocycles. The number of anilines is 1. The van der Waals surface area contributed by atoms with Crippen LogP contribution >= 0.6 is 0 Å². The molecule has 7 heteroatoms. The van der Waals surface area contributed by atoms with Gasteiger partial charge in [0.2, 0.25) is 0 Å². The van der Waals surface area contributed by atoms with E-state index in [9.17, 15) is 4.79 Å². The van der Waals surface area contributed by atoms with Gasteiger partial charge in [0.25, 0.3) is 0 Å². The van der Waals surface area contributed by atoms with Crippen molar-refractivity contribution in [1.29, 1.82) is 5.26 Å². The van der Waals surface area contributed by atoms with E-state index in [-0.39, 0.29) is 6.09 Å². The van der Waals surface area contributed by atoms with Crippen LogP contribution < -0.4 is 9.64 Å². The number of hydrogen-bond acceptors (Lipinski definition) is 6. The van der Waals surface area contributed by atoms with E-state index in [2.05, 4.69) is 23.8 Å². The Morgan fingerprint density at radius 3 is 2.35 bits per heavy atom. The summed E-state index contributed by atoms with van der Waals surface area (Å²) in [5.41, 5.74) is 1.50. The third-order valence-corrected chi connectivity index (χ3v) is 4.37. The molecule has 0 N–H and O–H groups in total. The van der Waals surface area contributed by atoms with Crippen molar-refractivity contribution < 1.29 is 9.53 Å². The fraction of sp³-hybridized carbons (Fsp3) is 0.368. The van der Waals surface area contributed by atoms with E-state index in [4.69, 9.17) is 10.00 Å². The number of carbonyl (C=O) groups excluding carboxylic acids is 1. The SMILES string of the molecule is CC(C)c1ccc(OC(=O)N2CCN(c3cnc(C#N)cn3)CC2)cc1. The van der Waals surface area contributed by atoms with Gasteiger partial charge in [0.15, 0.2) is 5.69 Å². The molecule has 1 aliphatic rings. The molecule has 1 aliphatic heterocycles. The Morgan fingerprint density at radius 2 is 1.81 bits per heavy atom. The van der Waals surface area contributed by atoms with Crippen LogP contribution in [0, 0.1) is 11.3 Å². The summed E-state index contributed by atoms with van der Waals surface area (Å²) in [6, 6.07) is 9.57. The summed E-state index contributed by atoms with van der Waals surface area (Å²) in [5, 5.41) is 8.77. The number of amides is 1. The largest absolute Gasteiger partial charge is 0.415 e. The van der Waals surface area contributed by atoms with Gasteiger partial charge in [-0.1, -0.05) is 26.0 Å². The fourth-order valence-electron chi connectivity index (χ4n) is 2.75. The van der Waals surface area contributed by atoms with E-state index in [1.54, 1.807) is 11.1 Å². The zero-order valence-electron chi connectivity index (χ0n) is 14.9. The Bertz CT molecular complexity index is 788. The van der Waals surface area contributed by atoms with Gasteiger partial charge in [0.1, 0.15) is 17.6 Å². The van der Waals surface area contributed by atoms with Crippen LogP contribution in [0.25, 0.3) is 0 Å². The van der Waals surface area contributed by atoms with Crippen LogP contribution in [0.1, 0.15) is 31.0 Å². The molecular formula is C19H21N5O2. The first-order chi connectivity index (χ1) is 12.6. The molecule has 2 aromatic rings. The van der Waals surface area contributed by atoms with Crippen molar-refractivity contribution in [1.82, 2.24) is 14.9 Å². The third-order valence-electron chi connectivity index (χ3n) is 4.37. The van der Waals surface area contributed by atoms with Gasteiger partial charge in [-0.15, -0.1) is 0 Å². The Morgan fingerprint density at radius 1 is 1.12 bits per heavy atom. The number of rotatable bonds is 3. The molecule has 1 saturated heterocycles. The molecule has 1 fully saturated rings. The van der Waals surface area contributed by atoms with Crippen LogP contribution in [0.4, 0.5) is 10.6 Å². The molecule has 0 radical (unpaired) electrons. The van der Waals surface area contributed by atoms with Crippen molar-refractivity contribution in [2.75, 3.05) is 31.1 Å². The Labute approximate surface area is 152 Å². The lowest BCUT2D eigenvalue weighted by atomic mass is 10.0. The summed E-state index contributed by atoms with van der Waals surface area (Å²) in [7, 11) is 0. The lowest BCUT2D eigenvalue weighted by molar-refractivity contribution is 0.149. The predicted molar refractivity (Wildman–Crippen MR) is 97.1 cm³/mol. The van der Waals surface area contributed by atoms with Gasteiger partial charge in [-0.3, -0.25) is 0 Å². The highest BCUT2D eigenvalue weighted by atomic mass is 16.6. The zero-order chi connectivity index (χ0) is 18.5. The molecule has 0 saturated carbocycles. The standard InChI is InChI=1S/C19H21N5O2/c1-14(2)15-3-5-17(6-4-15)26-19(25)24-9-7-23(8-10-24)18-13-21-16(11-20)12-22-18/h3-6,12-14H,7-10H2,1-2H3. The van der Waals surface area contributed by atoms with E-state index < -0.39 is 0 Å². The first-order valence-corrected chi connectivity index (χ1v) is 8.60. The lowest BCUT2D eigenvalue weighted by Gasteiger charge is -2.34. The summed E-state index contributed by atoms with van der Waals surface area (Å²) in [6.45, 7) is 6.62. The first kappa shape index (κ1) is 17.7. The zero-order valence-corrected chi connectivity index (χ0v) is 14.9. The van der Waals surface area contributed by atoms with Crippen molar-refractivity contribution in [2.45, 2.75) is 19.8 Å². The summed E-state index contributed by atoms with van der Waals surface area (Å²) in [4.78, 5) is 24.3. The van der Waals surface area contributed by atoms with Crippen molar-refractivity contribution in [3.8, 4) is 11.8 Å². The maximum absolute atomic E-state index is 12.3. The molecule has 3 rings (SSSR count). The molecule has 0 bridgehead atoms. The van der Waals surface area contributed by atoms with Crippen molar-refractivity contribution in [3.63, 3.8) is 0 Å². The molecule has 134 valence electrons. The Kier molecular flexibility index (Phi) is 5.32. The lowest BCUT2D eigenvalue weighted by Crippen LogP contribution is -2.49. The van der Waals surface area contributed by atoms with E-state index >= 15 is 0 Å². The number of carbonyl (C=O) groups is 1. The smallest absolute Gasteiger partial charge is 0.410 e. The van der Waals surface area contributed by atoms with Gasteiger partial charge in [0.05, 0.1) is 12.4 Å². The summed E-state index contributed by atoms with van der Waals surface area (Å²) < 4.78 is 5.46. The highest BCUT2D eigenvalue weighted by molar-refractivity contribution is 5.71. The van der Waals surface area contributed by atoms with Gasteiger partial charge in [0, 0.05) is 26.2 Å². The van der Waals surface area contributed by atoms with Crippen LogP contribution in [-0.2, 0) is 0 Å². The Hall–Kier alpha value is -3.14. The average molecular weight is 351 g/mol. The fourth-order valence-corrected chi connectivity index (χ4v) is 2.75. The van der Waals surface area contributed by atoms with Crippen LogP contribution in [0.2, 0.25) is 0 Å². The third kappa shape index (κ3) is 4.09. The molecule has 26 heavy (non-hydrogen) atoms. The number of piperazine rings is 1. The second-order valence-corrected chi connectivity index (χ2v) is 6.44. The normalized spacial score (nSPS) is 14.2. The van der Waals surface area contributed by atoms with Crippen LogP contribution in [0.5, 0.6) is 5.75 Å². The minimum atomic E-state index is -0.340. The second kappa shape index (κ2) is 7.83. The van der Waals surface area contributed by atoms with E-state index in [1.807, 2.05) is 35.2 Å². The van der Waals surface area contributed by atoms with E-state index in [0.29, 0.717) is 49.4 Å². The number of benzene rings is 1. The molecule has 0 unspecified atom stereocenters. The van der Waals surface area contributed by atoms with Gasteiger partial charge in [-0.2, -0.15) is 5.26 Å². The van der Waals surface area contributed by atoms with E-state index in [0.717, 1.165) is 0 Å². The minimum absolute atomic E-state index is 0.291. The molecule has 7 nitrogen and oxygen atoms in total. The molecule has 1 aromatic heterocycles. The maximum atomic E-state index is 12.3. The van der Waals surface area contributed by atoms with Crippen molar-refractivity contribution >= 4 is 11.9 Å². The van der Waals surface area contributed by atoms with Crippen molar-refractivity contribution in [2.24, 2.45) is 0 Å². The van der Waals surface area contributed by atoms with Gasteiger partial charge in [-0.05, 0) is 23.6 Å². The molecule has 0 spiro atoms. The quantitative estimate of drug-likeness (QED) is 0.846. The summed E-state index contributed by atoms with van der Waals surface area (Å²) >= 11 is 0. The number of nitriles is 1. The monoisotopic (exact) mass is 351 g/mol. The van der Waals surface area contributed by atoms with Gasteiger partial charge >= 0.3 is 6.09 Å². The number of hydrogen-bond donors (Lipinski definition) is 0. The highest BCUT2D eigenvalue weighted by Gasteiger charge is 2.23. The van der Waals surface area contributed by atoms with Crippen LogP contribution in [-0.4, -0.2) is 47.1 Å². The average Bonchev–Trinajstić information content (AvgIpc) is 2.68. The predicted octanol–water partition coefficient (Wildman–Crippen LogP) is 2.79. The number of ether oxygens (including phenoxy) is 1. The van der Waals surface area contributed by atoms with Crippen LogP contribution in [0.3, 0.4) is 0 Å². The molecular weight excluding hydrogens is 330 g/mol. The first-order valence-electron chi connectivity index (χ1n) is 8.60. The molecule has 0 atom stereocenters. The molecule has 1 aromatic carbocycles. The van der Waals surface area contributed by atoms with E-state index in [1.165, 1.54) is 11.8 Å². The van der Waals surface area contributed by atoms with Gasteiger partial charge < -0.3 is 14.5 Å². The maximum Gasteiger partial charge on any atom is 0.415 e. The summed E-state index contributed by atoms with van der Waals surface area (Å²) in [5.74, 6) is 1.71. The Balaban J connectivity index is 1.53. The topological polar surface area (TPSA) is 82.4 Å². The van der Waals surface area contributed by atoms with Crippen molar-refractivity contribution in [3.05, 3.63) is 47.9 Å². The van der Waals surface area contributed by atoms with Gasteiger partial charge in [-0.25, -0.2) is 14.8 Å².